The number of likely N-dealkylation sites (N-methyl/N-ethyl adjacent to an activating group) is 1. The van der Waals surface area contributed by atoms with Crippen LogP contribution in [0.2, 0.25) is 0 Å². The number of amides is 1. The Kier molecular flexibility index (Phi) is 3.89. The van der Waals surface area contributed by atoms with Gasteiger partial charge >= 0.3 is 0 Å². The lowest BCUT2D eigenvalue weighted by Gasteiger charge is -2.15. The Morgan fingerprint density at radius 1 is 1.57 bits per heavy atom. The molecule has 0 saturated carbocycles. The van der Waals surface area contributed by atoms with Crippen LogP contribution in [0.3, 0.4) is 0 Å². The maximum atomic E-state index is 11.8. The van der Waals surface area contributed by atoms with Gasteiger partial charge in [-0.3, -0.25) is 4.79 Å². The Labute approximate surface area is 92.4 Å². The van der Waals surface area contributed by atoms with E-state index in [4.69, 9.17) is 0 Å². The van der Waals surface area contributed by atoms with Gasteiger partial charge in [-0.2, -0.15) is 0 Å². The van der Waals surface area contributed by atoms with Crippen molar-refractivity contribution in [2.45, 2.75) is 0 Å². The van der Waals surface area contributed by atoms with Crippen molar-refractivity contribution in [3.8, 4) is 0 Å². The van der Waals surface area contributed by atoms with Gasteiger partial charge in [0.1, 0.15) is 0 Å². The average Bonchev–Trinajstić information content (AvgIpc) is 2.18. The van der Waals surface area contributed by atoms with E-state index in [2.05, 4.69) is 22.5 Å². The number of nitrogens with zero attached hydrogens (tertiary/aromatic N) is 1. The molecule has 2 nitrogen and oxygen atoms in total. The maximum Gasteiger partial charge on any atom is 0.255 e. The highest BCUT2D eigenvalue weighted by molar-refractivity contribution is 9.10. The number of benzene rings is 1. The van der Waals surface area contributed by atoms with Gasteiger partial charge in [0.25, 0.3) is 5.91 Å². The summed E-state index contributed by atoms with van der Waals surface area (Å²) in [6, 6.07) is 7.38. The van der Waals surface area contributed by atoms with E-state index in [9.17, 15) is 4.79 Å². The summed E-state index contributed by atoms with van der Waals surface area (Å²) in [6.07, 6.45) is 1.70. The first-order valence-electron chi connectivity index (χ1n) is 4.27. The van der Waals surface area contributed by atoms with Gasteiger partial charge in [0.05, 0.1) is 5.56 Å². The Hall–Kier alpha value is -1.09. The van der Waals surface area contributed by atoms with E-state index in [0.29, 0.717) is 12.1 Å². The van der Waals surface area contributed by atoms with E-state index in [0.717, 1.165) is 4.47 Å². The van der Waals surface area contributed by atoms with Crippen molar-refractivity contribution in [1.29, 1.82) is 0 Å². The summed E-state index contributed by atoms with van der Waals surface area (Å²) < 4.78 is 0.820. The Morgan fingerprint density at radius 2 is 2.21 bits per heavy atom. The molecule has 0 saturated heterocycles. The monoisotopic (exact) mass is 253 g/mol. The molecule has 0 radical (unpaired) electrons. The van der Waals surface area contributed by atoms with Crippen LogP contribution in [0.25, 0.3) is 0 Å². The molecule has 0 N–H and O–H groups in total. The lowest BCUT2D eigenvalue weighted by atomic mass is 10.2. The highest BCUT2D eigenvalue weighted by Gasteiger charge is 2.12. The molecule has 0 fully saturated rings. The fourth-order valence-corrected chi connectivity index (χ4v) is 1.57. The van der Waals surface area contributed by atoms with Crippen molar-refractivity contribution in [2.75, 3.05) is 13.6 Å². The minimum absolute atomic E-state index is 0.00243. The molecule has 14 heavy (non-hydrogen) atoms. The molecule has 1 rings (SSSR count). The van der Waals surface area contributed by atoms with E-state index in [-0.39, 0.29) is 5.91 Å². The first-order chi connectivity index (χ1) is 6.66. The van der Waals surface area contributed by atoms with Crippen LogP contribution in [0.5, 0.6) is 0 Å². The molecular weight excluding hydrogens is 242 g/mol. The zero-order valence-corrected chi connectivity index (χ0v) is 9.62. The quantitative estimate of drug-likeness (QED) is 0.759. The van der Waals surface area contributed by atoms with Gasteiger partial charge in [0.15, 0.2) is 0 Å². The van der Waals surface area contributed by atoms with Crippen molar-refractivity contribution >= 4 is 21.8 Å². The second-order valence-corrected chi connectivity index (χ2v) is 3.81. The van der Waals surface area contributed by atoms with Crippen LogP contribution in [0.4, 0.5) is 0 Å². The molecule has 1 aromatic rings. The Morgan fingerprint density at radius 3 is 2.79 bits per heavy atom. The van der Waals surface area contributed by atoms with Crippen LogP contribution in [-0.4, -0.2) is 24.4 Å². The predicted octanol–water partition coefficient (Wildman–Crippen LogP) is 2.71. The summed E-state index contributed by atoms with van der Waals surface area (Å²) in [5, 5.41) is 0. The zero-order valence-electron chi connectivity index (χ0n) is 8.03. The third-order valence-electron chi connectivity index (χ3n) is 1.85. The number of hydrogen-bond donors (Lipinski definition) is 0. The van der Waals surface area contributed by atoms with E-state index < -0.39 is 0 Å². The molecule has 0 atom stereocenters. The highest BCUT2D eigenvalue weighted by Crippen LogP contribution is 2.17. The van der Waals surface area contributed by atoms with E-state index in [1.165, 1.54) is 0 Å². The molecule has 0 bridgehead atoms. The highest BCUT2D eigenvalue weighted by atomic mass is 79.9. The SMILES string of the molecule is C=CCN(C)C(=O)c1ccccc1Br. The molecule has 1 aromatic carbocycles. The lowest BCUT2D eigenvalue weighted by molar-refractivity contribution is 0.0809. The van der Waals surface area contributed by atoms with Gasteiger partial charge in [-0.15, -0.1) is 6.58 Å². The fraction of sp³-hybridized carbons (Fsp3) is 0.182. The number of carbonyl (C=O) groups excluding carboxylic acids is 1. The van der Waals surface area contributed by atoms with Crippen molar-refractivity contribution < 1.29 is 4.79 Å². The molecule has 3 heteroatoms. The summed E-state index contributed by atoms with van der Waals surface area (Å²) >= 11 is 3.34. The summed E-state index contributed by atoms with van der Waals surface area (Å²) in [5.41, 5.74) is 0.678. The minimum atomic E-state index is -0.00243. The van der Waals surface area contributed by atoms with Crippen LogP contribution in [0, 0.1) is 0 Å². The standard InChI is InChI=1S/C11H12BrNO/c1-3-8-13(2)11(14)9-6-4-5-7-10(9)12/h3-7H,1,8H2,2H3. The van der Waals surface area contributed by atoms with Crippen LogP contribution < -0.4 is 0 Å². The number of halogens is 1. The van der Waals surface area contributed by atoms with Gasteiger partial charge in [-0.05, 0) is 28.1 Å². The van der Waals surface area contributed by atoms with Crippen LogP contribution in [0.1, 0.15) is 10.4 Å². The smallest absolute Gasteiger partial charge is 0.255 e. The van der Waals surface area contributed by atoms with Gasteiger partial charge < -0.3 is 4.90 Å². The van der Waals surface area contributed by atoms with Crippen molar-refractivity contribution in [1.82, 2.24) is 4.90 Å². The molecule has 0 heterocycles. The molecule has 74 valence electrons. The molecule has 0 aliphatic heterocycles. The fourth-order valence-electron chi connectivity index (χ4n) is 1.12. The molecular formula is C11H12BrNO. The largest absolute Gasteiger partial charge is 0.338 e. The van der Waals surface area contributed by atoms with Crippen LogP contribution in [-0.2, 0) is 0 Å². The molecule has 0 aliphatic carbocycles. The third-order valence-corrected chi connectivity index (χ3v) is 2.55. The number of hydrogen-bond acceptors (Lipinski definition) is 1. The predicted molar refractivity (Wildman–Crippen MR) is 61.3 cm³/mol. The summed E-state index contributed by atoms with van der Waals surface area (Å²) in [4.78, 5) is 13.4. The van der Waals surface area contributed by atoms with E-state index in [1.54, 1.807) is 24.1 Å². The topological polar surface area (TPSA) is 20.3 Å². The zero-order chi connectivity index (χ0) is 10.6. The van der Waals surface area contributed by atoms with Crippen molar-refractivity contribution in [3.63, 3.8) is 0 Å². The second-order valence-electron chi connectivity index (χ2n) is 2.95. The Bertz CT molecular complexity index is 349. The maximum absolute atomic E-state index is 11.8. The third kappa shape index (κ3) is 2.45. The lowest BCUT2D eigenvalue weighted by Crippen LogP contribution is -2.26. The second kappa shape index (κ2) is 4.96. The average molecular weight is 254 g/mol. The van der Waals surface area contributed by atoms with Crippen molar-refractivity contribution in [2.24, 2.45) is 0 Å². The molecule has 0 aromatic heterocycles. The molecule has 0 aliphatic rings. The van der Waals surface area contributed by atoms with Gasteiger partial charge in [0, 0.05) is 18.1 Å². The van der Waals surface area contributed by atoms with E-state index >= 15 is 0 Å². The molecule has 1 amide bonds. The van der Waals surface area contributed by atoms with Crippen LogP contribution in [0.15, 0.2) is 41.4 Å². The molecule has 0 spiro atoms. The summed E-state index contributed by atoms with van der Waals surface area (Å²) in [5.74, 6) is -0.00243. The number of carbonyl (C=O) groups is 1. The first-order valence-corrected chi connectivity index (χ1v) is 5.07. The normalized spacial score (nSPS) is 9.57. The first kappa shape index (κ1) is 11.0. The summed E-state index contributed by atoms with van der Waals surface area (Å²) in [7, 11) is 1.75. The summed E-state index contributed by atoms with van der Waals surface area (Å²) in [6.45, 7) is 4.15. The van der Waals surface area contributed by atoms with Crippen LogP contribution >= 0.6 is 15.9 Å². The Balaban J connectivity index is 2.89. The molecule has 0 unspecified atom stereocenters. The van der Waals surface area contributed by atoms with Gasteiger partial charge in [0.2, 0.25) is 0 Å². The minimum Gasteiger partial charge on any atom is -0.338 e. The van der Waals surface area contributed by atoms with E-state index in [1.807, 2.05) is 18.2 Å². The van der Waals surface area contributed by atoms with Crippen molar-refractivity contribution in [3.05, 3.63) is 47.0 Å². The van der Waals surface area contributed by atoms with Gasteiger partial charge in [-0.1, -0.05) is 18.2 Å². The number of rotatable bonds is 3. The van der Waals surface area contributed by atoms with Gasteiger partial charge in [-0.25, -0.2) is 0 Å².